The summed E-state index contributed by atoms with van der Waals surface area (Å²) in [6.07, 6.45) is 76.6. The van der Waals surface area contributed by atoms with Crippen molar-refractivity contribution in [3.63, 3.8) is 0 Å². The maximum atomic E-state index is 12.7. The molecule has 0 aliphatic carbocycles. The van der Waals surface area contributed by atoms with Gasteiger partial charge < -0.3 is 14.2 Å². The van der Waals surface area contributed by atoms with E-state index in [4.69, 9.17) is 14.2 Å². The molecule has 0 amide bonds. The number of carbonyl (C=O) groups excluding carboxylic acids is 3. The monoisotopic (exact) mass is 941 g/mol. The largest absolute Gasteiger partial charge is 0.462 e. The van der Waals surface area contributed by atoms with E-state index in [0.717, 1.165) is 135 Å². The van der Waals surface area contributed by atoms with E-state index in [0.29, 0.717) is 19.3 Å². The highest BCUT2D eigenvalue weighted by molar-refractivity contribution is 5.71. The zero-order valence-corrected chi connectivity index (χ0v) is 43.8. The first-order valence-electron chi connectivity index (χ1n) is 27.5. The standard InChI is InChI=1S/C62H100O6/c1-4-7-10-13-16-18-19-20-21-22-23-24-25-26-27-28-29-30-31-32-33-34-35-36-37-38-39-40-41-42-43-45-46-49-52-55-61(64)67-58-59(57-66-60(63)54-51-48-15-12-9-6-3)68-62(65)56-53-50-47-44-17-14-11-8-5-2/h7,10,16,18,20-21,23-24,26-27,29-30,32-33,35-36,38-39,41-42,59H,4-6,8-9,11-15,17,19,22,25,28,31,34,37,40,43-58H2,1-3H3/b10-7-,18-16-,21-20-,24-23-,27-26-,30-29-,33-32-,36-35-,39-38-,42-41-. The molecule has 0 radical (unpaired) electrons. The molecule has 0 aromatic heterocycles. The average Bonchev–Trinajstić information content (AvgIpc) is 3.34. The van der Waals surface area contributed by atoms with E-state index < -0.39 is 6.10 Å². The highest BCUT2D eigenvalue weighted by Crippen LogP contribution is 2.13. The summed E-state index contributed by atoms with van der Waals surface area (Å²) in [4.78, 5) is 37.6. The molecule has 0 aliphatic rings. The second kappa shape index (κ2) is 55.4. The SMILES string of the molecule is CC/C=C\C/C=C\C/C=C\C/C=C\C/C=C\C/C=C\C/C=C\C/C=C\C/C=C\C/C=C\CCCCCCC(=O)OCC(COC(=O)CCCCCCCC)OC(=O)CCCCCCCCCCC. The van der Waals surface area contributed by atoms with Gasteiger partial charge in [-0.15, -0.1) is 0 Å². The summed E-state index contributed by atoms with van der Waals surface area (Å²) >= 11 is 0. The molecule has 0 rings (SSSR count). The van der Waals surface area contributed by atoms with Crippen molar-refractivity contribution >= 4 is 17.9 Å². The molecule has 0 saturated carbocycles. The number of rotatable bonds is 48. The van der Waals surface area contributed by atoms with Crippen LogP contribution in [-0.2, 0) is 28.6 Å². The van der Waals surface area contributed by atoms with Crippen LogP contribution in [-0.4, -0.2) is 37.2 Å². The summed E-state index contributed by atoms with van der Waals surface area (Å²) < 4.78 is 16.6. The van der Waals surface area contributed by atoms with E-state index in [-0.39, 0.29) is 31.1 Å². The molecule has 0 heterocycles. The Labute approximate surface area is 418 Å². The van der Waals surface area contributed by atoms with Gasteiger partial charge in [0.1, 0.15) is 13.2 Å². The third-order valence-electron chi connectivity index (χ3n) is 11.2. The van der Waals surface area contributed by atoms with Crippen LogP contribution in [0.3, 0.4) is 0 Å². The predicted molar refractivity (Wildman–Crippen MR) is 293 cm³/mol. The number of allylic oxidation sites excluding steroid dienone is 20. The third-order valence-corrected chi connectivity index (χ3v) is 11.2. The number of unbranched alkanes of at least 4 members (excludes halogenated alkanes) is 17. The molecule has 1 unspecified atom stereocenters. The van der Waals surface area contributed by atoms with Gasteiger partial charge in [0.2, 0.25) is 0 Å². The minimum Gasteiger partial charge on any atom is -0.462 e. The van der Waals surface area contributed by atoms with Crippen LogP contribution in [0.5, 0.6) is 0 Å². The van der Waals surface area contributed by atoms with Gasteiger partial charge in [0, 0.05) is 19.3 Å². The molecule has 0 aromatic rings. The maximum absolute atomic E-state index is 12.7. The lowest BCUT2D eigenvalue weighted by molar-refractivity contribution is -0.167. The van der Waals surface area contributed by atoms with Crippen LogP contribution in [0.25, 0.3) is 0 Å². The molecule has 1 atom stereocenters. The van der Waals surface area contributed by atoms with Crippen LogP contribution >= 0.6 is 0 Å². The van der Waals surface area contributed by atoms with Crippen LogP contribution in [0.1, 0.15) is 233 Å². The molecule has 6 nitrogen and oxygen atoms in total. The Morgan fingerprint density at radius 1 is 0.309 bits per heavy atom. The van der Waals surface area contributed by atoms with E-state index in [1.807, 2.05) is 0 Å². The summed E-state index contributed by atoms with van der Waals surface area (Å²) in [5, 5.41) is 0. The molecule has 0 bridgehead atoms. The summed E-state index contributed by atoms with van der Waals surface area (Å²) in [5.41, 5.74) is 0. The van der Waals surface area contributed by atoms with Crippen LogP contribution in [0.4, 0.5) is 0 Å². The number of hydrogen-bond donors (Lipinski definition) is 0. The second-order valence-corrected chi connectivity index (χ2v) is 17.8. The summed E-state index contributed by atoms with van der Waals surface area (Å²) in [6, 6.07) is 0. The predicted octanol–water partition coefficient (Wildman–Crippen LogP) is 18.5. The fourth-order valence-corrected chi connectivity index (χ4v) is 7.12. The molecular formula is C62H100O6. The Balaban J connectivity index is 4.10. The van der Waals surface area contributed by atoms with Gasteiger partial charge in [0.15, 0.2) is 6.10 Å². The Morgan fingerprint density at radius 3 is 0.897 bits per heavy atom. The number of hydrogen-bond acceptors (Lipinski definition) is 6. The Hall–Kier alpha value is -4.19. The third kappa shape index (κ3) is 52.8. The quantitative estimate of drug-likeness (QED) is 0.0262. The summed E-state index contributed by atoms with van der Waals surface area (Å²) in [7, 11) is 0. The number of esters is 3. The van der Waals surface area contributed by atoms with Gasteiger partial charge in [-0.25, -0.2) is 0 Å². The lowest BCUT2D eigenvalue weighted by Gasteiger charge is -2.18. The Morgan fingerprint density at radius 2 is 0.574 bits per heavy atom. The second-order valence-electron chi connectivity index (χ2n) is 17.8. The van der Waals surface area contributed by atoms with Crippen molar-refractivity contribution in [1.29, 1.82) is 0 Å². The van der Waals surface area contributed by atoms with Crippen molar-refractivity contribution in [2.75, 3.05) is 13.2 Å². The van der Waals surface area contributed by atoms with Crippen LogP contribution in [0.15, 0.2) is 122 Å². The average molecular weight is 941 g/mol. The van der Waals surface area contributed by atoms with Crippen LogP contribution < -0.4 is 0 Å². The highest BCUT2D eigenvalue weighted by atomic mass is 16.6. The fourth-order valence-electron chi connectivity index (χ4n) is 7.12. The molecule has 6 heteroatoms. The van der Waals surface area contributed by atoms with Crippen LogP contribution in [0, 0.1) is 0 Å². The highest BCUT2D eigenvalue weighted by Gasteiger charge is 2.19. The molecular weight excluding hydrogens is 841 g/mol. The fraction of sp³-hybridized carbons (Fsp3) is 0.629. The molecule has 0 saturated heterocycles. The van der Waals surface area contributed by atoms with E-state index in [9.17, 15) is 14.4 Å². The van der Waals surface area contributed by atoms with Gasteiger partial charge in [-0.05, 0) is 96.3 Å². The van der Waals surface area contributed by atoms with Crippen molar-refractivity contribution in [3.05, 3.63) is 122 Å². The molecule has 68 heavy (non-hydrogen) atoms. The van der Waals surface area contributed by atoms with Crippen molar-refractivity contribution < 1.29 is 28.6 Å². The maximum Gasteiger partial charge on any atom is 0.306 e. The van der Waals surface area contributed by atoms with Gasteiger partial charge >= 0.3 is 17.9 Å². The minimum absolute atomic E-state index is 0.0864. The number of carbonyl (C=O) groups is 3. The zero-order valence-electron chi connectivity index (χ0n) is 43.8. The molecule has 0 aliphatic heterocycles. The van der Waals surface area contributed by atoms with Gasteiger partial charge in [-0.2, -0.15) is 0 Å². The minimum atomic E-state index is -0.783. The summed E-state index contributed by atoms with van der Waals surface area (Å²) in [5.74, 6) is -0.932. The van der Waals surface area contributed by atoms with Gasteiger partial charge in [-0.3, -0.25) is 14.4 Å². The lowest BCUT2D eigenvalue weighted by atomic mass is 10.1. The Kier molecular flexibility index (Phi) is 52.0. The van der Waals surface area contributed by atoms with Gasteiger partial charge in [0.05, 0.1) is 0 Å². The molecule has 0 N–H and O–H groups in total. The first kappa shape index (κ1) is 63.8. The van der Waals surface area contributed by atoms with Crippen molar-refractivity contribution in [1.82, 2.24) is 0 Å². The van der Waals surface area contributed by atoms with Crippen LogP contribution in [0.2, 0.25) is 0 Å². The van der Waals surface area contributed by atoms with Crippen molar-refractivity contribution in [2.24, 2.45) is 0 Å². The van der Waals surface area contributed by atoms with E-state index >= 15 is 0 Å². The number of ether oxygens (including phenoxy) is 3. The lowest BCUT2D eigenvalue weighted by Crippen LogP contribution is -2.30. The topological polar surface area (TPSA) is 78.9 Å². The van der Waals surface area contributed by atoms with Crippen molar-refractivity contribution in [3.8, 4) is 0 Å². The first-order chi connectivity index (χ1) is 33.5. The van der Waals surface area contributed by atoms with Crippen molar-refractivity contribution in [2.45, 2.75) is 239 Å². The normalized spacial score (nSPS) is 13.0. The molecule has 0 spiro atoms. The van der Waals surface area contributed by atoms with E-state index in [1.165, 1.54) is 57.8 Å². The first-order valence-corrected chi connectivity index (χ1v) is 27.5. The zero-order chi connectivity index (χ0) is 49.3. The smallest absolute Gasteiger partial charge is 0.306 e. The Bertz CT molecular complexity index is 1450. The molecule has 384 valence electrons. The summed E-state index contributed by atoms with van der Waals surface area (Å²) in [6.45, 7) is 6.40. The molecule has 0 fully saturated rings. The molecule has 0 aromatic carbocycles. The van der Waals surface area contributed by atoms with E-state index in [1.54, 1.807) is 0 Å². The van der Waals surface area contributed by atoms with Gasteiger partial charge in [-0.1, -0.05) is 239 Å². The van der Waals surface area contributed by atoms with Gasteiger partial charge in [0.25, 0.3) is 0 Å². The van der Waals surface area contributed by atoms with E-state index in [2.05, 4.69) is 142 Å².